The van der Waals surface area contributed by atoms with E-state index in [4.69, 9.17) is 16.3 Å². The minimum atomic E-state index is -0.364. The van der Waals surface area contributed by atoms with Crippen molar-refractivity contribution in [1.82, 2.24) is 0 Å². The van der Waals surface area contributed by atoms with E-state index < -0.39 is 0 Å². The molecule has 0 N–H and O–H groups in total. The summed E-state index contributed by atoms with van der Waals surface area (Å²) in [5, 5.41) is -0.364. The SMILES string of the molecule is CCOc1ccc(C(Cl)c2ccc(F)cc2Br)cc1Br. The van der Waals surface area contributed by atoms with Crippen molar-refractivity contribution in [2.75, 3.05) is 6.61 Å². The monoisotopic (exact) mass is 420 g/mol. The molecule has 5 heteroatoms. The average molecular weight is 423 g/mol. The third-order valence-electron chi connectivity index (χ3n) is 2.78. The van der Waals surface area contributed by atoms with Gasteiger partial charge in [0.15, 0.2) is 0 Å². The van der Waals surface area contributed by atoms with E-state index in [1.54, 1.807) is 6.07 Å². The molecule has 0 amide bonds. The van der Waals surface area contributed by atoms with Crippen LogP contribution in [0.1, 0.15) is 23.4 Å². The number of rotatable bonds is 4. The summed E-state index contributed by atoms with van der Waals surface area (Å²) in [6.45, 7) is 2.53. The third kappa shape index (κ3) is 3.54. The zero-order valence-corrected chi connectivity index (χ0v) is 14.6. The molecule has 2 aromatic rings. The van der Waals surface area contributed by atoms with Crippen LogP contribution in [0.4, 0.5) is 4.39 Å². The molecule has 0 heterocycles. The van der Waals surface area contributed by atoms with Crippen molar-refractivity contribution >= 4 is 43.5 Å². The molecule has 106 valence electrons. The van der Waals surface area contributed by atoms with Gasteiger partial charge in [-0.25, -0.2) is 4.39 Å². The molecule has 0 bridgehead atoms. The second-order valence-corrected chi connectivity index (χ2v) is 6.30. The van der Waals surface area contributed by atoms with Gasteiger partial charge < -0.3 is 4.74 Å². The number of hydrogen-bond acceptors (Lipinski definition) is 1. The van der Waals surface area contributed by atoms with Crippen molar-refractivity contribution in [3.63, 3.8) is 0 Å². The predicted molar refractivity (Wildman–Crippen MR) is 87.1 cm³/mol. The Morgan fingerprint density at radius 2 is 1.90 bits per heavy atom. The summed E-state index contributed by atoms with van der Waals surface area (Å²) >= 11 is 13.3. The van der Waals surface area contributed by atoms with E-state index in [0.717, 1.165) is 21.3 Å². The molecule has 0 radical (unpaired) electrons. The largest absolute Gasteiger partial charge is 0.493 e. The lowest BCUT2D eigenvalue weighted by molar-refractivity contribution is 0.338. The fraction of sp³-hybridized carbons (Fsp3) is 0.200. The number of halogens is 4. The Labute approximate surface area is 139 Å². The first-order valence-corrected chi connectivity index (χ1v) is 8.06. The van der Waals surface area contributed by atoms with Crippen molar-refractivity contribution in [2.45, 2.75) is 12.3 Å². The van der Waals surface area contributed by atoms with E-state index in [0.29, 0.717) is 11.1 Å². The summed E-state index contributed by atoms with van der Waals surface area (Å²) < 4.78 is 20.1. The van der Waals surface area contributed by atoms with Gasteiger partial charge in [0.2, 0.25) is 0 Å². The van der Waals surface area contributed by atoms with Gasteiger partial charge in [-0.3, -0.25) is 0 Å². The molecule has 2 rings (SSSR count). The van der Waals surface area contributed by atoms with E-state index >= 15 is 0 Å². The second kappa shape index (κ2) is 6.92. The van der Waals surface area contributed by atoms with Gasteiger partial charge in [0.1, 0.15) is 11.6 Å². The van der Waals surface area contributed by atoms with Gasteiger partial charge in [-0.05, 0) is 58.2 Å². The van der Waals surface area contributed by atoms with E-state index in [1.165, 1.54) is 12.1 Å². The van der Waals surface area contributed by atoms with Crippen LogP contribution < -0.4 is 4.74 Å². The van der Waals surface area contributed by atoms with Gasteiger partial charge in [-0.15, -0.1) is 11.6 Å². The zero-order chi connectivity index (χ0) is 14.7. The van der Waals surface area contributed by atoms with Crippen LogP contribution in [-0.2, 0) is 0 Å². The third-order valence-corrected chi connectivity index (χ3v) is 4.58. The molecule has 20 heavy (non-hydrogen) atoms. The van der Waals surface area contributed by atoms with Crippen molar-refractivity contribution in [2.24, 2.45) is 0 Å². The van der Waals surface area contributed by atoms with Gasteiger partial charge in [0.05, 0.1) is 16.5 Å². The minimum Gasteiger partial charge on any atom is -0.493 e. The van der Waals surface area contributed by atoms with Crippen molar-refractivity contribution < 1.29 is 9.13 Å². The molecule has 0 saturated heterocycles. The number of benzene rings is 2. The molecule has 1 nitrogen and oxygen atoms in total. The lowest BCUT2D eigenvalue weighted by Crippen LogP contribution is -1.97. The highest BCUT2D eigenvalue weighted by Gasteiger charge is 2.16. The molecule has 0 aliphatic rings. The molecule has 0 aromatic heterocycles. The lowest BCUT2D eigenvalue weighted by atomic mass is 10.0. The molecular weight excluding hydrogens is 410 g/mol. The Morgan fingerprint density at radius 1 is 1.15 bits per heavy atom. The Morgan fingerprint density at radius 3 is 2.50 bits per heavy atom. The Hall–Kier alpha value is -0.580. The molecule has 2 aromatic carbocycles. The van der Waals surface area contributed by atoms with Crippen molar-refractivity contribution in [1.29, 1.82) is 0 Å². The van der Waals surface area contributed by atoms with Crippen molar-refractivity contribution in [3.8, 4) is 5.75 Å². The van der Waals surface area contributed by atoms with Crippen LogP contribution in [0.25, 0.3) is 0 Å². The molecule has 1 unspecified atom stereocenters. The summed E-state index contributed by atoms with van der Waals surface area (Å²) in [6, 6.07) is 10.2. The molecule has 1 atom stereocenters. The summed E-state index contributed by atoms with van der Waals surface area (Å²) in [5.74, 6) is 0.482. The molecule has 0 aliphatic heterocycles. The van der Waals surface area contributed by atoms with Gasteiger partial charge in [-0.2, -0.15) is 0 Å². The maximum atomic E-state index is 13.1. The van der Waals surface area contributed by atoms with Crippen LogP contribution in [0, 0.1) is 5.82 Å². The summed E-state index contributed by atoms with van der Waals surface area (Å²) in [4.78, 5) is 0. The van der Waals surface area contributed by atoms with Crippen LogP contribution >= 0.6 is 43.5 Å². The Bertz CT molecular complexity index is 619. The fourth-order valence-corrected chi connectivity index (χ4v) is 3.38. The first-order chi connectivity index (χ1) is 9.52. The second-order valence-electron chi connectivity index (χ2n) is 4.15. The first kappa shape index (κ1) is 15.8. The van der Waals surface area contributed by atoms with Crippen LogP contribution in [0.2, 0.25) is 0 Å². The van der Waals surface area contributed by atoms with Gasteiger partial charge >= 0.3 is 0 Å². The molecule has 0 saturated carbocycles. The van der Waals surface area contributed by atoms with Crippen molar-refractivity contribution in [3.05, 3.63) is 62.3 Å². The van der Waals surface area contributed by atoms with Gasteiger partial charge in [0, 0.05) is 4.47 Å². The number of hydrogen-bond donors (Lipinski definition) is 0. The van der Waals surface area contributed by atoms with Gasteiger partial charge in [0.25, 0.3) is 0 Å². The van der Waals surface area contributed by atoms with Gasteiger partial charge in [-0.1, -0.05) is 28.1 Å². The van der Waals surface area contributed by atoms with E-state index in [2.05, 4.69) is 31.9 Å². The standard InChI is InChI=1S/C15H12Br2ClFO/c1-2-20-14-6-3-9(7-13(14)17)15(18)11-5-4-10(19)8-12(11)16/h3-8,15H,2H2,1H3. The average Bonchev–Trinajstić information content (AvgIpc) is 2.40. The van der Waals surface area contributed by atoms with Crippen LogP contribution in [0.15, 0.2) is 45.3 Å². The summed E-state index contributed by atoms with van der Waals surface area (Å²) in [5.41, 5.74) is 1.73. The van der Waals surface area contributed by atoms with E-state index in [-0.39, 0.29) is 11.2 Å². The summed E-state index contributed by atoms with van der Waals surface area (Å²) in [7, 11) is 0. The normalized spacial score (nSPS) is 12.2. The number of alkyl halides is 1. The zero-order valence-electron chi connectivity index (χ0n) is 10.7. The highest BCUT2D eigenvalue weighted by atomic mass is 79.9. The fourth-order valence-electron chi connectivity index (χ4n) is 1.83. The maximum absolute atomic E-state index is 13.1. The first-order valence-electron chi connectivity index (χ1n) is 6.04. The smallest absolute Gasteiger partial charge is 0.133 e. The molecule has 0 spiro atoms. The highest BCUT2D eigenvalue weighted by Crippen LogP contribution is 2.37. The van der Waals surface area contributed by atoms with Crippen LogP contribution in [0.3, 0.4) is 0 Å². The van der Waals surface area contributed by atoms with E-state index in [1.807, 2.05) is 25.1 Å². The Balaban J connectivity index is 2.33. The highest BCUT2D eigenvalue weighted by molar-refractivity contribution is 9.10. The molecule has 0 fully saturated rings. The topological polar surface area (TPSA) is 9.23 Å². The quantitative estimate of drug-likeness (QED) is 0.543. The Kier molecular flexibility index (Phi) is 5.47. The lowest BCUT2D eigenvalue weighted by Gasteiger charge is -2.14. The molecular formula is C15H12Br2ClFO. The summed E-state index contributed by atoms with van der Waals surface area (Å²) in [6.07, 6.45) is 0. The van der Waals surface area contributed by atoms with Crippen LogP contribution in [0.5, 0.6) is 5.75 Å². The minimum absolute atomic E-state index is 0.294. The van der Waals surface area contributed by atoms with Crippen LogP contribution in [-0.4, -0.2) is 6.61 Å². The molecule has 0 aliphatic carbocycles. The van der Waals surface area contributed by atoms with E-state index in [9.17, 15) is 4.39 Å². The number of ether oxygens (including phenoxy) is 1. The maximum Gasteiger partial charge on any atom is 0.133 e. The predicted octanol–water partition coefficient (Wildman–Crippen LogP) is 6.08.